The van der Waals surface area contributed by atoms with E-state index >= 15 is 0 Å². The van der Waals surface area contributed by atoms with Crippen molar-refractivity contribution < 1.29 is 35.3 Å². The van der Waals surface area contributed by atoms with Gasteiger partial charge in [-0.3, -0.25) is 9.52 Å². The van der Waals surface area contributed by atoms with Crippen LogP contribution in [-0.2, 0) is 30.5 Å². The number of carbonyl (C=O) groups is 1. The number of carbonyl (C=O) groups excluding carboxylic acids is 1. The molecule has 2 aliphatic rings. The molecule has 1 atom stereocenters. The molecule has 1 saturated heterocycles. The van der Waals surface area contributed by atoms with Gasteiger partial charge in [0.15, 0.2) is 17.3 Å². The van der Waals surface area contributed by atoms with Crippen molar-refractivity contribution in [3.8, 4) is 17.2 Å². The highest BCUT2D eigenvalue weighted by molar-refractivity contribution is 7.91. The molecule has 0 aromatic heterocycles. The van der Waals surface area contributed by atoms with Crippen LogP contribution in [-0.4, -0.2) is 66.5 Å². The number of hydrogen-bond donors (Lipinski definition) is 2. The third-order valence-electron chi connectivity index (χ3n) is 6.87. The van der Waals surface area contributed by atoms with E-state index in [1.807, 2.05) is 18.7 Å². The van der Waals surface area contributed by atoms with Gasteiger partial charge < -0.3 is 24.3 Å². The molecule has 3 N–H and O–H groups in total. The van der Waals surface area contributed by atoms with Crippen molar-refractivity contribution in [2.45, 2.75) is 38.5 Å². The normalized spacial score (nSPS) is 18.6. The van der Waals surface area contributed by atoms with Gasteiger partial charge in [0.2, 0.25) is 5.91 Å². The minimum absolute atomic E-state index is 0.0287. The fourth-order valence-corrected chi connectivity index (χ4v) is 6.19. The minimum Gasteiger partial charge on any atom is -0.493 e. The summed E-state index contributed by atoms with van der Waals surface area (Å²) in [6.07, 6.45) is 2.83. The number of amidine groups is 1. The lowest BCUT2D eigenvalue weighted by Gasteiger charge is -2.35. The van der Waals surface area contributed by atoms with Gasteiger partial charge in [-0.25, -0.2) is 0 Å². The lowest BCUT2D eigenvalue weighted by molar-refractivity contribution is -0.134. The van der Waals surface area contributed by atoms with E-state index in [0.29, 0.717) is 36.7 Å². The Balaban J connectivity index is 1.42. The van der Waals surface area contributed by atoms with E-state index in [9.17, 15) is 21.6 Å². The van der Waals surface area contributed by atoms with Crippen LogP contribution >= 0.6 is 0 Å². The maximum absolute atomic E-state index is 13.4. The molecule has 0 bridgehead atoms. The Morgan fingerprint density at radius 3 is 2.65 bits per heavy atom. The quantitative estimate of drug-likeness (QED) is 0.414. The van der Waals surface area contributed by atoms with E-state index in [2.05, 4.69) is 9.12 Å². The van der Waals surface area contributed by atoms with Crippen LogP contribution in [0.5, 0.6) is 17.2 Å². The summed E-state index contributed by atoms with van der Waals surface area (Å²) in [5, 5.41) is 0. The molecule has 14 heteroatoms. The molecule has 2 aromatic carbocycles. The van der Waals surface area contributed by atoms with Gasteiger partial charge in [-0.15, -0.1) is 4.40 Å². The Kier molecular flexibility index (Phi) is 8.22. The summed E-state index contributed by atoms with van der Waals surface area (Å²) in [5.74, 6) is 0.651. The highest BCUT2D eigenvalue weighted by Gasteiger charge is 2.32. The number of anilines is 1. The molecule has 0 spiro atoms. The number of hydrogen-bond acceptors (Lipinski definition) is 9. The molecular formula is C26H34N4O8S2. The molecule has 2 aliphatic heterocycles. The number of benzene rings is 2. The van der Waals surface area contributed by atoms with Gasteiger partial charge in [0.25, 0.3) is 0 Å². The number of likely N-dealkylation sites (tertiary alicyclic amines) is 1. The average molecular weight is 595 g/mol. The predicted octanol–water partition coefficient (Wildman–Crippen LogP) is 2.39. The van der Waals surface area contributed by atoms with Gasteiger partial charge in [0.1, 0.15) is 5.75 Å². The second-order valence-electron chi connectivity index (χ2n) is 10.6. The van der Waals surface area contributed by atoms with Crippen molar-refractivity contribution in [3.05, 3.63) is 47.5 Å². The van der Waals surface area contributed by atoms with Crippen molar-refractivity contribution in [2.24, 2.45) is 16.0 Å². The second kappa shape index (κ2) is 11.2. The smallest absolute Gasteiger partial charge is 0.344 e. The highest BCUT2D eigenvalue weighted by Crippen LogP contribution is 2.36. The van der Waals surface area contributed by atoms with Crippen molar-refractivity contribution in [3.63, 3.8) is 0 Å². The van der Waals surface area contributed by atoms with Crippen LogP contribution in [0.4, 0.5) is 5.69 Å². The van der Waals surface area contributed by atoms with E-state index in [1.165, 1.54) is 7.11 Å². The van der Waals surface area contributed by atoms with E-state index in [0.717, 1.165) is 24.7 Å². The van der Waals surface area contributed by atoms with Gasteiger partial charge in [0.05, 0.1) is 31.2 Å². The van der Waals surface area contributed by atoms with Crippen molar-refractivity contribution in [1.82, 2.24) is 4.90 Å². The summed E-state index contributed by atoms with van der Waals surface area (Å²) in [6, 6.07) is 9.97. The van der Waals surface area contributed by atoms with E-state index in [1.54, 1.807) is 36.4 Å². The number of ether oxygens (including phenoxy) is 2. The summed E-state index contributed by atoms with van der Waals surface area (Å²) in [4.78, 5) is 15.2. The average Bonchev–Trinajstić information content (AvgIpc) is 2.85. The van der Waals surface area contributed by atoms with Crippen molar-refractivity contribution >= 4 is 37.8 Å². The van der Waals surface area contributed by atoms with Crippen LogP contribution in [0.15, 0.2) is 40.8 Å². The Morgan fingerprint density at radius 1 is 1.20 bits per heavy atom. The van der Waals surface area contributed by atoms with Gasteiger partial charge in [-0.2, -0.15) is 16.8 Å². The van der Waals surface area contributed by atoms with Gasteiger partial charge in [-0.1, -0.05) is 26.0 Å². The minimum atomic E-state index is -3.89. The zero-order valence-corrected chi connectivity index (χ0v) is 24.5. The van der Waals surface area contributed by atoms with E-state index < -0.39 is 25.7 Å². The molecule has 0 radical (unpaired) electrons. The van der Waals surface area contributed by atoms with E-state index in [4.69, 9.17) is 19.4 Å². The molecule has 40 heavy (non-hydrogen) atoms. The molecular weight excluding hydrogens is 560 g/mol. The number of amides is 1. The largest absolute Gasteiger partial charge is 0.493 e. The molecule has 1 amide bonds. The number of piperidine rings is 1. The van der Waals surface area contributed by atoms with Crippen LogP contribution < -0.4 is 24.1 Å². The number of fused-ring (bicyclic) bond motifs is 1. The zero-order valence-electron chi connectivity index (χ0n) is 22.8. The SMILES string of the molecule is COc1ccc(C(C)(C)CC(=O)N2CCC[C@H](COc3cccc4c3C(N)=NS(=O)(=O)N4)C2)cc1OS(C)(=O)=O. The highest BCUT2D eigenvalue weighted by atomic mass is 32.2. The van der Waals surface area contributed by atoms with Gasteiger partial charge in [0, 0.05) is 25.4 Å². The topological polar surface area (TPSA) is 167 Å². The molecule has 0 saturated carbocycles. The summed E-state index contributed by atoms with van der Waals surface area (Å²) in [7, 11) is -6.24. The van der Waals surface area contributed by atoms with Gasteiger partial charge in [-0.05, 0) is 48.1 Å². The standard InChI is InChI=1S/C26H34N4O8S2/c1-26(2,18-10-11-20(36-3)22(13-18)38-39(4,32)33)14-23(31)30-12-6-7-17(15-30)16-37-21-9-5-8-19-24(21)25(27)29-40(34,35)28-19/h5,8-11,13,17,28H,6-7,12,14-16H2,1-4H3,(H2,27,29)/t17-/m0/s1. The molecule has 218 valence electrons. The third-order valence-corrected chi connectivity index (χ3v) is 8.26. The Morgan fingerprint density at radius 2 is 1.95 bits per heavy atom. The predicted molar refractivity (Wildman–Crippen MR) is 151 cm³/mol. The summed E-state index contributed by atoms with van der Waals surface area (Å²) < 4.78 is 69.3. The molecule has 0 aliphatic carbocycles. The maximum Gasteiger partial charge on any atom is 0.344 e. The molecule has 4 rings (SSSR count). The van der Waals surface area contributed by atoms with Crippen LogP contribution in [0.2, 0.25) is 0 Å². The van der Waals surface area contributed by atoms with Crippen LogP contribution in [0, 0.1) is 5.92 Å². The monoisotopic (exact) mass is 594 g/mol. The lowest BCUT2D eigenvalue weighted by Crippen LogP contribution is -2.43. The first-order valence-electron chi connectivity index (χ1n) is 12.7. The van der Waals surface area contributed by atoms with Crippen molar-refractivity contribution in [1.29, 1.82) is 0 Å². The summed E-state index contributed by atoms with van der Waals surface area (Å²) in [6.45, 7) is 5.28. The first-order valence-corrected chi connectivity index (χ1v) is 15.9. The zero-order chi connectivity index (χ0) is 29.3. The third kappa shape index (κ3) is 6.97. The Bertz CT molecular complexity index is 1540. The molecule has 1 fully saturated rings. The van der Waals surface area contributed by atoms with Crippen LogP contribution in [0.25, 0.3) is 0 Å². The molecule has 2 aromatic rings. The van der Waals surface area contributed by atoms with Crippen LogP contribution in [0.1, 0.15) is 44.2 Å². The van der Waals surface area contributed by atoms with Gasteiger partial charge >= 0.3 is 20.3 Å². The number of nitrogens with one attached hydrogen (secondary N) is 1. The fourth-order valence-electron chi connectivity index (χ4n) is 4.89. The summed E-state index contributed by atoms with van der Waals surface area (Å²) >= 11 is 0. The fraction of sp³-hybridized carbons (Fsp3) is 0.462. The molecule has 0 unspecified atom stereocenters. The maximum atomic E-state index is 13.4. The first-order chi connectivity index (χ1) is 18.7. The Hall–Kier alpha value is -3.52. The van der Waals surface area contributed by atoms with E-state index in [-0.39, 0.29) is 35.6 Å². The Labute approximate surface area is 234 Å². The van der Waals surface area contributed by atoms with Crippen molar-refractivity contribution in [2.75, 3.05) is 37.8 Å². The molecule has 12 nitrogen and oxygen atoms in total. The lowest BCUT2D eigenvalue weighted by atomic mass is 9.80. The second-order valence-corrected chi connectivity index (χ2v) is 13.5. The first kappa shape index (κ1) is 29.5. The number of nitrogens with zero attached hydrogens (tertiary/aromatic N) is 2. The summed E-state index contributed by atoms with van der Waals surface area (Å²) in [5.41, 5.74) is 6.72. The number of methoxy groups -OCH3 is 1. The van der Waals surface area contributed by atoms with Crippen LogP contribution in [0.3, 0.4) is 0 Å². The number of rotatable bonds is 9. The number of nitrogens with two attached hydrogens (primary N) is 1. The molecule has 2 heterocycles.